The molecule has 4 rings (SSSR count). The Morgan fingerprint density at radius 1 is 1.09 bits per heavy atom. The predicted octanol–water partition coefficient (Wildman–Crippen LogP) is 5.49. The highest BCUT2D eigenvalue weighted by atomic mass is 32.1. The number of nitrogens with one attached hydrogen (secondary N) is 1. The van der Waals surface area contributed by atoms with Crippen molar-refractivity contribution in [3.05, 3.63) is 47.8 Å². The van der Waals surface area contributed by atoms with Crippen molar-refractivity contribution < 1.29 is 13.2 Å². The Hall–Kier alpha value is -1.02. The van der Waals surface area contributed by atoms with Crippen LogP contribution in [0, 0.1) is 23.4 Å². The molecule has 0 aliphatic carbocycles. The summed E-state index contributed by atoms with van der Waals surface area (Å²) in [6.45, 7) is 10.0. The maximum Gasteiger partial charge on any atom is 0.161 e. The smallest absolute Gasteiger partial charge is 0.161 e. The number of hydrogen-bond donors (Lipinski definition) is 3. The van der Waals surface area contributed by atoms with Gasteiger partial charge in [0.1, 0.15) is 5.82 Å². The maximum atomic E-state index is 13.7. The van der Waals surface area contributed by atoms with Gasteiger partial charge < -0.3 is 16.0 Å². The van der Waals surface area contributed by atoms with E-state index in [1.54, 1.807) is 6.08 Å². The molecule has 0 spiro atoms. The Bertz CT molecular complexity index is 724. The second kappa shape index (κ2) is 13.2. The summed E-state index contributed by atoms with van der Waals surface area (Å²) in [7, 11) is 2.15. The average molecular weight is 486 g/mol. The highest BCUT2D eigenvalue weighted by Gasteiger charge is 2.40. The van der Waals surface area contributed by atoms with Gasteiger partial charge in [0.2, 0.25) is 0 Å². The summed E-state index contributed by atoms with van der Waals surface area (Å²) in [6.07, 6.45) is 10.7. The molecule has 7 heteroatoms. The summed E-state index contributed by atoms with van der Waals surface area (Å²) in [4.78, 5) is 2.42. The molecule has 3 heterocycles. The molecule has 3 atom stereocenters. The van der Waals surface area contributed by atoms with Crippen molar-refractivity contribution in [3.63, 3.8) is 0 Å². The lowest BCUT2D eigenvalue weighted by Crippen LogP contribution is -2.46. The van der Waals surface area contributed by atoms with Gasteiger partial charge in [-0.1, -0.05) is 12.5 Å². The van der Waals surface area contributed by atoms with Crippen LogP contribution in [0.25, 0.3) is 0 Å². The van der Waals surface area contributed by atoms with Gasteiger partial charge in [-0.15, -0.1) is 6.58 Å². The third-order valence-corrected chi connectivity index (χ3v) is 7.17. The number of benzene rings is 1. The van der Waals surface area contributed by atoms with Gasteiger partial charge in [0.15, 0.2) is 11.6 Å². The van der Waals surface area contributed by atoms with Crippen LogP contribution in [0.1, 0.15) is 64.4 Å². The first kappa shape index (κ1) is 28.2. The predicted molar refractivity (Wildman–Crippen MR) is 135 cm³/mol. The van der Waals surface area contributed by atoms with Crippen LogP contribution in [0.2, 0.25) is 0 Å². The Morgan fingerprint density at radius 2 is 1.61 bits per heavy atom. The van der Waals surface area contributed by atoms with E-state index in [0.29, 0.717) is 24.1 Å². The summed E-state index contributed by atoms with van der Waals surface area (Å²) in [5.41, 5.74) is 6.41. The van der Waals surface area contributed by atoms with E-state index in [4.69, 9.17) is 5.73 Å². The Balaban J connectivity index is 0.000000263. The number of nitrogens with two attached hydrogens (primary N) is 1. The zero-order valence-electron chi connectivity index (χ0n) is 20.4. The van der Waals surface area contributed by atoms with E-state index in [-0.39, 0.29) is 22.8 Å². The van der Waals surface area contributed by atoms with Gasteiger partial charge in [0, 0.05) is 28.9 Å². The van der Waals surface area contributed by atoms with Crippen molar-refractivity contribution in [3.8, 4) is 0 Å². The van der Waals surface area contributed by atoms with E-state index in [2.05, 4.69) is 36.5 Å². The van der Waals surface area contributed by atoms with Gasteiger partial charge >= 0.3 is 0 Å². The second-order valence-corrected chi connectivity index (χ2v) is 11.3. The standard InChI is InChI=1S/C16H21F3N2.C5H11N.C5H10S/c1-21-11-2-3-12(21)5-10(4-11)16(20)7-9-6-14(18)15(19)8-13(9)17;1-2-4-6-5-3-1;1-4-5(2,3)6/h6,8,10-12,16H,2-5,7,20H2,1H3;6H,1-5H2;4,6H,1H2,2-3H3. The number of thiol groups is 1. The van der Waals surface area contributed by atoms with Gasteiger partial charge in [-0.25, -0.2) is 13.2 Å². The van der Waals surface area contributed by atoms with Crippen molar-refractivity contribution >= 4 is 12.6 Å². The molecule has 3 fully saturated rings. The zero-order chi connectivity index (χ0) is 24.6. The lowest BCUT2D eigenvalue weighted by atomic mass is 9.83. The summed E-state index contributed by atoms with van der Waals surface area (Å²) in [6, 6.07) is 2.47. The van der Waals surface area contributed by atoms with E-state index in [1.165, 1.54) is 45.2 Å². The minimum absolute atomic E-state index is 0. The van der Waals surface area contributed by atoms with Crippen LogP contribution in [-0.4, -0.2) is 47.9 Å². The Labute approximate surface area is 203 Å². The minimum atomic E-state index is -1.15. The van der Waals surface area contributed by atoms with Gasteiger partial charge in [-0.3, -0.25) is 0 Å². The second-order valence-electron chi connectivity index (χ2n) is 10.2. The molecule has 3 N–H and O–H groups in total. The lowest BCUT2D eigenvalue weighted by molar-refractivity contribution is 0.120. The highest BCUT2D eigenvalue weighted by Crippen LogP contribution is 2.39. The molecule has 3 aliphatic rings. The van der Waals surface area contributed by atoms with Crippen LogP contribution in [-0.2, 0) is 6.42 Å². The summed E-state index contributed by atoms with van der Waals surface area (Å²) in [5.74, 6) is -2.55. The first-order valence-corrected chi connectivity index (χ1v) is 12.6. The third kappa shape index (κ3) is 9.27. The van der Waals surface area contributed by atoms with E-state index in [0.717, 1.165) is 18.9 Å². The van der Waals surface area contributed by atoms with Crippen molar-refractivity contribution in [2.45, 2.75) is 88.1 Å². The normalized spacial score (nSPS) is 25.9. The van der Waals surface area contributed by atoms with E-state index < -0.39 is 17.5 Å². The number of piperidine rings is 2. The molecule has 188 valence electrons. The number of rotatable bonds is 4. The highest BCUT2D eigenvalue weighted by molar-refractivity contribution is 7.82. The van der Waals surface area contributed by atoms with Crippen LogP contribution < -0.4 is 11.1 Å². The quantitative estimate of drug-likeness (QED) is 0.300. The summed E-state index contributed by atoms with van der Waals surface area (Å²) < 4.78 is 39.9. The van der Waals surface area contributed by atoms with Crippen molar-refractivity contribution in [2.75, 3.05) is 20.1 Å². The van der Waals surface area contributed by atoms with E-state index >= 15 is 0 Å². The SMILES string of the molecule is C1CCNCC1.C=CC(C)(C)S.CN1C2CCC1CC(C(N)Cc1cc(F)c(F)cc1F)C2. The molecule has 1 aromatic rings. The molecule has 3 saturated heterocycles. The molecule has 33 heavy (non-hydrogen) atoms. The van der Waals surface area contributed by atoms with Crippen LogP contribution in [0.15, 0.2) is 24.8 Å². The molecule has 0 aromatic heterocycles. The molecule has 3 nitrogen and oxygen atoms in total. The van der Waals surface area contributed by atoms with E-state index in [9.17, 15) is 13.2 Å². The molecule has 0 radical (unpaired) electrons. The summed E-state index contributed by atoms with van der Waals surface area (Å²) >= 11 is 4.14. The molecule has 2 bridgehead atoms. The van der Waals surface area contributed by atoms with Crippen molar-refractivity contribution in [1.82, 2.24) is 10.2 Å². The van der Waals surface area contributed by atoms with Gasteiger partial charge in [0.25, 0.3) is 0 Å². The largest absolute Gasteiger partial charge is 0.327 e. The fourth-order valence-electron chi connectivity index (χ4n) is 4.75. The maximum absolute atomic E-state index is 13.7. The van der Waals surface area contributed by atoms with Crippen LogP contribution >= 0.6 is 12.6 Å². The monoisotopic (exact) mass is 485 g/mol. The molecule has 1 aromatic carbocycles. The van der Waals surface area contributed by atoms with E-state index in [1.807, 2.05) is 13.8 Å². The number of fused-ring (bicyclic) bond motifs is 2. The lowest BCUT2D eigenvalue weighted by Gasteiger charge is -2.38. The van der Waals surface area contributed by atoms with Gasteiger partial charge in [-0.05, 0) is 96.5 Å². The number of nitrogens with zero attached hydrogens (tertiary/aromatic N) is 1. The third-order valence-electron chi connectivity index (χ3n) is 6.99. The average Bonchev–Trinajstić information content (AvgIpc) is 2.99. The van der Waals surface area contributed by atoms with Gasteiger partial charge in [0.05, 0.1) is 0 Å². The Morgan fingerprint density at radius 3 is 2.03 bits per heavy atom. The minimum Gasteiger partial charge on any atom is -0.327 e. The fraction of sp³-hybridized carbons (Fsp3) is 0.692. The zero-order valence-corrected chi connectivity index (χ0v) is 21.3. The van der Waals surface area contributed by atoms with Gasteiger partial charge in [-0.2, -0.15) is 12.6 Å². The van der Waals surface area contributed by atoms with Crippen LogP contribution in [0.4, 0.5) is 13.2 Å². The Kier molecular flexibility index (Phi) is 11.3. The molecule has 3 aliphatic heterocycles. The van der Waals surface area contributed by atoms with Crippen molar-refractivity contribution in [1.29, 1.82) is 0 Å². The topological polar surface area (TPSA) is 41.3 Å². The number of hydrogen-bond acceptors (Lipinski definition) is 4. The molecule has 0 saturated carbocycles. The first-order valence-electron chi connectivity index (χ1n) is 12.2. The van der Waals surface area contributed by atoms with Crippen LogP contribution in [0.5, 0.6) is 0 Å². The van der Waals surface area contributed by atoms with Crippen molar-refractivity contribution in [2.24, 2.45) is 11.7 Å². The fourth-order valence-corrected chi connectivity index (χ4v) is 4.75. The number of halogens is 3. The van der Waals surface area contributed by atoms with Crippen LogP contribution in [0.3, 0.4) is 0 Å². The summed E-state index contributed by atoms with van der Waals surface area (Å²) in [5, 5.41) is 3.28. The molecular weight excluding hydrogens is 443 g/mol. The molecule has 3 unspecified atom stereocenters. The molecule has 0 amide bonds. The molecular formula is C26H42F3N3S. The first-order chi connectivity index (χ1) is 15.5.